The van der Waals surface area contributed by atoms with Gasteiger partial charge in [0.15, 0.2) is 0 Å². The highest BCUT2D eigenvalue weighted by atomic mass is 79.9. The summed E-state index contributed by atoms with van der Waals surface area (Å²) in [6.45, 7) is 0. The SMILES string of the molecule is Br/C(=C(\c1ccccc1)C(Br)c1ccccc1)c1ccccc1. The van der Waals surface area contributed by atoms with E-state index in [0.717, 1.165) is 4.48 Å². The van der Waals surface area contributed by atoms with E-state index in [4.69, 9.17) is 0 Å². The molecule has 0 spiro atoms. The molecule has 1 unspecified atom stereocenters. The number of rotatable bonds is 4. The Morgan fingerprint density at radius 2 is 1.04 bits per heavy atom. The van der Waals surface area contributed by atoms with E-state index in [1.165, 1.54) is 22.3 Å². The Hall–Kier alpha value is -1.64. The van der Waals surface area contributed by atoms with Gasteiger partial charge in [-0.2, -0.15) is 0 Å². The van der Waals surface area contributed by atoms with Gasteiger partial charge in [0.05, 0.1) is 4.83 Å². The molecule has 0 aromatic heterocycles. The monoisotopic (exact) mass is 426 g/mol. The summed E-state index contributed by atoms with van der Waals surface area (Å²) >= 11 is 7.74. The third-order valence-electron chi connectivity index (χ3n) is 3.69. The van der Waals surface area contributed by atoms with E-state index < -0.39 is 0 Å². The second-order valence-corrected chi connectivity index (χ2v) is 6.94. The van der Waals surface area contributed by atoms with Gasteiger partial charge in [-0.05, 0) is 38.2 Å². The minimum atomic E-state index is 0.112. The van der Waals surface area contributed by atoms with Crippen LogP contribution in [0.25, 0.3) is 10.1 Å². The second kappa shape index (κ2) is 7.76. The highest BCUT2D eigenvalue weighted by molar-refractivity contribution is 9.15. The predicted octanol–water partition coefficient (Wildman–Crippen LogP) is 7.09. The lowest BCUT2D eigenvalue weighted by molar-refractivity contribution is 1.27. The summed E-state index contributed by atoms with van der Waals surface area (Å²) in [5.74, 6) is 0. The molecule has 3 rings (SSSR count). The number of hydrogen-bond donors (Lipinski definition) is 0. The Balaban J connectivity index is 2.15. The maximum absolute atomic E-state index is 3.90. The van der Waals surface area contributed by atoms with Crippen LogP contribution in [0.2, 0.25) is 0 Å². The predicted molar refractivity (Wildman–Crippen MR) is 107 cm³/mol. The average Bonchev–Trinajstić information content (AvgIpc) is 2.64. The summed E-state index contributed by atoms with van der Waals surface area (Å²) in [6.07, 6.45) is 0. The van der Waals surface area contributed by atoms with Gasteiger partial charge < -0.3 is 0 Å². The molecule has 0 radical (unpaired) electrons. The van der Waals surface area contributed by atoms with Crippen molar-refractivity contribution in [2.75, 3.05) is 0 Å². The summed E-state index contributed by atoms with van der Waals surface area (Å²) < 4.78 is 1.11. The summed E-state index contributed by atoms with van der Waals surface area (Å²) in [7, 11) is 0. The van der Waals surface area contributed by atoms with E-state index in [0.29, 0.717) is 0 Å². The molecule has 23 heavy (non-hydrogen) atoms. The maximum atomic E-state index is 3.90. The summed E-state index contributed by atoms with van der Waals surface area (Å²) in [5.41, 5.74) is 4.84. The van der Waals surface area contributed by atoms with Crippen molar-refractivity contribution >= 4 is 41.9 Å². The van der Waals surface area contributed by atoms with Gasteiger partial charge in [-0.3, -0.25) is 0 Å². The molecule has 0 N–H and O–H groups in total. The van der Waals surface area contributed by atoms with Crippen molar-refractivity contribution in [3.63, 3.8) is 0 Å². The molecular weight excluding hydrogens is 412 g/mol. The lowest BCUT2D eigenvalue weighted by Crippen LogP contribution is -1.97. The first-order valence-corrected chi connectivity index (χ1v) is 9.18. The Morgan fingerprint density at radius 3 is 1.57 bits per heavy atom. The lowest BCUT2D eigenvalue weighted by atomic mass is 9.96. The second-order valence-electron chi connectivity index (χ2n) is 5.23. The minimum Gasteiger partial charge on any atom is -0.0786 e. The van der Waals surface area contributed by atoms with Crippen molar-refractivity contribution < 1.29 is 0 Å². The van der Waals surface area contributed by atoms with Gasteiger partial charge in [-0.15, -0.1) is 0 Å². The Morgan fingerprint density at radius 1 is 0.609 bits per heavy atom. The van der Waals surface area contributed by atoms with Crippen LogP contribution in [0.15, 0.2) is 91.0 Å². The van der Waals surface area contributed by atoms with E-state index in [1.807, 2.05) is 18.2 Å². The largest absolute Gasteiger partial charge is 0.0786 e. The molecule has 0 aliphatic heterocycles. The molecule has 0 aliphatic carbocycles. The zero-order valence-electron chi connectivity index (χ0n) is 12.5. The Bertz CT molecular complexity index is 778. The van der Waals surface area contributed by atoms with Crippen molar-refractivity contribution in [3.8, 4) is 0 Å². The molecule has 3 aromatic carbocycles. The standard InChI is InChI=1S/C21H16Br2/c22-20(17-12-6-2-7-13-17)19(16-10-4-1-5-11-16)21(23)18-14-8-3-9-15-18/h1-15,20H/b21-19+. The third kappa shape index (κ3) is 3.82. The quantitative estimate of drug-likeness (QED) is 0.308. The molecular formula is C21H16Br2. The highest BCUT2D eigenvalue weighted by Gasteiger charge is 2.19. The third-order valence-corrected chi connectivity index (χ3v) is 5.57. The molecule has 0 aliphatic rings. The molecule has 0 saturated carbocycles. The fourth-order valence-corrected chi connectivity index (χ4v) is 4.36. The van der Waals surface area contributed by atoms with Gasteiger partial charge in [-0.25, -0.2) is 0 Å². The summed E-state index contributed by atoms with van der Waals surface area (Å²) in [4.78, 5) is 0.112. The van der Waals surface area contributed by atoms with Crippen LogP contribution < -0.4 is 0 Å². The first kappa shape index (κ1) is 16.2. The van der Waals surface area contributed by atoms with Gasteiger partial charge in [0, 0.05) is 4.48 Å². The molecule has 0 fully saturated rings. The Labute approximate surface area is 154 Å². The van der Waals surface area contributed by atoms with Gasteiger partial charge >= 0.3 is 0 Å². The number of alkyl halides is 1. The highest BCUT2D eigenvalue weighted by Crippen LogP contribution is 2.44. The normalized spacial score (nSPS) is 13.3. The van der Waals surface area contributed by atoms with Crippen molar-refractivity contribution in [1.82, 2.24) is 0 Å². The number of hydrogen-bond acceptors (Lipinski definition) is 0. The van der Waals surface area contributed by atoms with Crippen LogP contribution in [0.5, 0.6) is 0 Å². The van der Waals surface area contributed by atoms with E-state index in [9.17, 15) is 0 Å². The van der Waals surface area contributed by atoms with Gasteiger partial charge in [0.2, 0.25) is 0 Å². The molecule has 0 nitrogen and oxygen atoms in total. The Kier molecular flexibility index (Phi) is 5.47. The molecule has 0 heterocycles. The molecule has 3 aromatic rings. The lowest BCUT2D eigenvalue weighted by Gasteiger charge is -2.18. The zero-order chi connectivity index (χ0) is 16.1. The minimum absolute atomic E-state index is 0.112. The fourth-order valence-electron chi connectivity index (χ4n) is 2.53. The van der Waals surface area contributed by atoms with Crippen LogP contribution in [-0.2, 0) is 0 Å². The molecule has 114 valence electrons. The summed E-state index contributed by atoms with van der Waals surface area (Å²) in [6, 6.07) is 31.4. The molecule has 0 bridgehead atoms. The van der Waals surface area contributed by atoms with E-state index in [1.54, 1.807) is 0 Å². The van der Waals surface area contributed by atoms with Crippen molar-refractivity contribution in [3.05, 3.63) is 108 Å². The smallest absolute Gasteiger partial charge is 0.0661 e. The van der Waals surface area contributed by atoms with E-state index >= 15 is 0 Å². The van der Waals surface area contributed by atoms with Gasteiger partial charge in [0.25, 0.3) is 0 Å². The van der Waals surface area contributed by atoms with Crippen LogP contribution in [0.3, 0.4) is 0 Å². The molecule has 0 amide bonds. The molecule has 0 saturated heterocycles. The van der Waals surface area contributed by atoms with Crippen LogP contribution in [0, 0.1) is 0 Å². The molecule has 1 atom stereocenters. The van der Waals surface area contributed by atoms with E-state index in [2.05, 4.69) is 105 Å². The van der Waals surface area contributed by atoms with Crippen LogP contribution in [-0.4, -0.2) is 0 Å². The van der Waals surface area contributed by atoms with Gasteiger partial charge in [0.1, 0.15) is 0 Å². The maximum Gasteiger partial charge on any atom is 0.0661 e. The van der Waals surface area contributed by atoms with Gasteiger partial charge in [-0.1, -0.05) is 107 Å². The average molecular weight is 428 g/mol. The zero-order valence-corrected chi connectivity index (χ0v) is 15.7. The summed E-state index contributed by atoms with van der Waals surface area (Å²) in [5, 5.41) is 0. The fraction of sp³-hybridized carbons (Fsp3) is 0.0476. The first-order chi connectivity index (χ1) is 11.3. The number of benzene rings is 3. The van der Waals surface area contributed by atoms with E-state index in [-0.39, 0.29) is 4.83 Å². The van der Waals surface area contributed by atoms with Crippen molar-refractivity contribution in [1.29, 1.82) is 0 Å². The van der Waals surface area contributed by atoms with Crippen molar-refractivity contribution in [2.24, 2.45) is 0 Å². The van der Waals surface area contributed by atoms with Crippen LogP contribution >= 0.6 is 31.9 Å². The first-order valence-electron chi connectivity index (χ1n) is 7.47. The number of halogens is 2. The topological polar surface area (TPSA) is 0 Å². The van der Waals surface area contributed by atoms with Crippen LogP contribution in [0.4, 0.5) is 0 Å². The van der Waals surface area contributed by atoms with Crippen LogP contribution in [0.1, 0.15) is 21.5 Å². The number of allylic oxidation sites excluding steroid dienone is 1. The molecule has 2 heteroatoms. The van der Waals surface area contributed by atoms with Crippen molar-refractivity contribution in [2.45, 2.75) is 4.83 Å².